The van der Waals surface area contributed by atoms with Crippen LogP contribution >= 0.6 is 0 Å². The molecule has 11 nitrogen and oxygen atoms in total. The van der Waals surface area contributed by atoms with Crippen molar-refractivity contribution in [1.82, 2.24) is 24.9 Å². The monoisotopic (exact) mass is 590 g/mol. The van der Waals surface area contributed by atoms with Gasteiger partial charge in [0, 0.05) is 12.6 Å². The van der Waals surface area contributed by atoms with Crippen LogP contribution in [0.5, 0.6) is 0 Å². The summed E-state index contributed by atoms with van der Waals surface area (Å²) in [6.07, 6.45) is 4.76. The van der Waals surface area contributed by atoms with E-state index in [2.05, 4.69) is 27.0 Å². The van der Waals surface area contributed by atoms with E-state index in [9.17, 15) is 23.9 Å². The summed E-state index contributed by atoms with van der Waals surface area (Å²) in [6, 6.07) is 9.38. The van der Waals surface area contributed by atoms with E-state index in [0.717, 1.165) is 34.2 Å². The molecule has 0 radical (unpaired) electrons. The molecule has 1 aliphatic carbocycles. The Morgan fingerprint density at radius 3 is 2.70 bits per heavy atom. The molecular formula is C31H35FN6O5. The summed E-state index contributed by atoms with van der Waals surface area (Å²) in [5.41, 5.74) is 10.1. The maximum absolute atomic E-state index is 13.0. The van der Waals surface area contributed by atoms with E-state index in [-0.39, 0.29) is 43.1 Å². The molecule has 0 saturated heterocycles. The van der Waals surface area contributed by atoms with Crippen LogP contribution in [-0.2, 0) is 24.1 Å². The highest BCUT2D eigenvalue weighted by Gasteiger charge is 2.29. The molecule has 0 aliphatic heterocycles. The highest BCUT2D eigenvalue weighted by atomic mass is 19.1. The number of ether oxygens (including phenoxy) is 1. The summed E-state index contributed by atoms with van der Waals surface area (Å²) in [4.78, 5) is 44.3. The van der Waals surface area contributed by atoms with Crippen molar-refractivity contribution >= 4 is 23.6 Å². The summed E-state index contributed by atoms with van der Waals surface area (Å²) in [6.45, 7) is 7.93. The molecule has 0 spiro atoms. The fraction of sp³-hybridized carbons (Fsp3) is 0.290. The van der Waals surface area contributed by atoms with Crippen molar-refractivity contribution in [1.29, 1.82) is 0 Å². The van der Waals surface area contributed by atoms with Crippen molar-refractivity contribution in [2.45, 2.75) is 53.1 Å². The Kier molecular flexibility index (Phi) is 10.8. The lowest BCUT2D eigenvalue weighted by atomic mass is 9.98. The van der Waals surface area contributed by atoms with Gasteiger partial charge in [0.1, 0.15) is 24.4 Å². The molecule has 43 heavy (non-hydrogen) atoms. The quantitative estimate of drug-likeness (QED) is 0.200. The van der Waals surface area contributed by atoms with Gasteiger partial charge in [0.15, 0.2) is 5.69 Å². The normalized spacial score (nSPS) is 13.3. The number of nitrogens with two attached hydrogens (primary N) is 1. The number of halogens is 1. The van der Waals surface area contributed by atoms with Crippen LogP contribution in [0.25, 0.3) is 5.78 Å². The second kappa shape index (κ2) is 14.3. The largest absolute Gasteiger partial charge is 0.477 e. The number of aromatic carboxylic acids is 1. The number of hydrogen-bond donors (Lipinski definition) is 3. The number of carbonyl (C=O) groups is 3. The van der Waals surface area contributed by atoms with Gasteiger partial charge in [-0.15, -0.1) is 0 Å². The van der Waals surface area contributed by atoms with E-state index in [1.807, 2.05) is 26.0 Å². The molecular weight excluding hydrogens is 555 g/mol. The van der Waals surface area contributed by atoms with Gasteiger partial charge in [-0.2, -0.15) is 14.6 Å². The molecule has 2 heterocycles. The molecule has 2 aromatic heterocycles. The maximum Gasteiger partial charge on any atom is 0.354 e. The topological polar surface area (TPSA) is 162 Å². The standard InChI is InChI=1S/C21H19N5O5.C9H12FN.CH4/c1-3-8-31-20(30)13-4-5-14-12(11(13)2)6-7-15(14)24-18(27)17-9-16(19(28)29)25-21-22-10-23-26(17)21;1-2-8-5-7(6-11)3-4-9(8)10;/h3-5,9-10,15H,1,6-8H2,2H3,(H,24,27)(H,28,29);3-5H,2,6,11H2,1H3;1H4/t15-;;/m0../s1. The zero-order valence-electron chi connectivity index (χ0n) is 23.3. The molecule has 0 bridgehead atoms. The number of carboxylic acid groups (broad SMARTS) is 1. The Hall–Kier alpha value is -4.97. The second-order valence-electron chi connectivity index (χ2n) is 9.54. The molecule has 0 fully saturated rings. The summed E-state index contributed by atoms with van der Waals surface area (Å²) in [5.74, 6) is -2.29. The number of amides is 1. The van der Waals surface area contributed by atoms with Crippen molar-refractivity contribution in [3.05, 3.63) is 106 Å². The molecule has 4 N–H and O–H groups in total. The number of fused-ring (bicyclic) bond motifs is 2. The lowest BCUT2D eigenvalue weighted by Crippen LogP contribution is -2.29. The molecule has 1 aliphatic rings. The number of aromatic nitrogens is 4. The Balaban J connectivity index is 0.000000357. The van der Waals surface area contributed by atoms with Gasteiger partial charge in [0.2, 0.25) is 0 Å². The van der Waals surface area contributed by atoms with Crippen molar-refractivity contribution in [3.8, 4) is 0 Å². The molecule has 2 aromatic carbocycles. The number of nitrogens with zero attached hydrogens (tertiary/aromatic N) is 4. The second-order valence-corrected chi connectivity index (χ2v) is 9.54. The number of rotatable bonds is 8. The molecule has 0 unspecified atom stereocenters. The molecule has 4 aromatic rings. The SMILES string of the molecule is C.C=CCOC(=O)c1ccc2c(c1C)CC[C@@H]2NC(=O)c1cc(C(=O)O)nc2ncnn12.CCc1cc(CN)ccc1F. The molecule has 12 heteroatoms. The molecule has 0 saturated carbocycles. The predicted molar refractivity (Wildman–Crippen MR) is 158 cm³/mol. The van der Waals surface area contributed by atoms with Crippen LogP contribution in [0, 0.1) is 12.7 Å². The van der Waals surface area contributed by atoms with E-state index in [1.54, 1.807) is 12.1 Å². The van der Waals surface area contributed by atoms with Crippen LogP contribution in [-0.4, -0.2) is 49.1 Å². The Labute approximate surface area is 248 Å². The van der Waals surface area contributed by atoms with Crippen LogP contribution in [0.15, 0.2) is 55.4 Å². The van der Waals surface area contributed by atoms with Crippen molar-refractivity contribution in [3.63, 3.8) is 0 Å². The van der Waals surface area contributed by atoms with Gasteiger partial charge in [0.25, 0.3) is 11.7 Å². The number of aryl methyl sites for hydroxylation is 1. The van der Waals surface area contributed by atoms with Crippen LogP contribution in [0.1, 0.15) is 86.0 Å². The van der Waals surface area contributed by atoms with Gasteiger partial charge in [0.05, 0.1) is 11.6 Å². The predicted octanol–water partition coefficient (Wildman–Crippen LogP) is 4.37. The average molecular weight is 591 g/mol. The fourth-order valence-corrected chi connectivity index (χ4v) is 4.81. The Bertz CT molecular complexity index is 1670. The lowest BCUT2D eigenvalue weighted by molar-refractivity contribution is 0.0548. The molecule has 226 valence electrons. The number of nitrogens with one attached hydrogen (secondary N) is 1. The van der Waals surface area contributed by atoms with Gasteiger partial charge in [-0.1, -0.05) is 45.2 Å². The van der Waals surface area contributed by atoms with Crippen LogP contribution in [0.3, 0.4) is 0 Å². The van der Waals surface area contributed by atoms with E-state index < -0.39 is 17.8 Å². The average Bonchev–Trinajstić information content (AvgIpc) is 3.63. The van der Waals surface area contributed by atoms with Gasteiger partial charge in [-0.3, -0.25) is 4.79 Å². The minimum Gasteiger partial charge on any atom is -0.477 e. The first kappa shape index (κ1) is 32.5. The zero-order chi connectivity index (χ0) is 30.4. The van der Waals surface area contributed by atoms with E-state index >= 15 is 0 Å². The van der Waals surface area contributed by atoms with E-state index in [1.165, 1.54) is 29.1 Å². The van der Waals surface area contributed by atoms with Crippen molar-refractivity contribution < 1.29 is 28.6 Å². The Morgan fingerprint density at radius 1 is 1.26 bits per heavy atom. The third-order valence-electron chi connectivity index (χ3n) is 6.98. The first-order chi connectivity index (χ1) is 20.2. The smallest absolute Gasteiger partial charge is 0.354 e. The number of hydrogen-bond acceptors (Lipinski definition) is 8. The van der Waals surface area contributed by atoms with Crippen LogP contribution in [0.4, 0.5) is 4.39 Å². The minimum absolute atomic E-state index is 0. The van der Waals surface area contributed by atoms with Crippen molar-refractivity contribution in [2.75, 3.05) is 6.61 Å². The number of esters is 1. The molecule has 1 amide bonds. The van der Waals surface area contributed by atoms with Gasteiger partial charge < -0.3 is 20.9 Å². The molecule has 1 atom stereocenters. The maximum atomic E-state index is 13.0. The number of carbonyl (C=O) groups excluding carboxylic acids is 2. The highest BCUT2D eigenvalue weighted by Crippen LogP contribution is 2.35. The van der Waals surface area contributed by atoms with Crippen molar-refractivity contribution in [2.24, 2.45) is 5.73 Å². The third-order valence-corrected chi connectivity index (χ3v) is 6.98. The third kappa shape index (κ3) is 7.09. The Morgan fingerprint density at radius 2 is 2.02 bits per heavy atom. The summed E-state index contributed by atoms with van der Waals surface area (Å²) in [5, 5.41) is 16.2. The minimum atomic E-state index is -1.27. The van der Waals surface area contributed by atoms with Crippen LogP contribution in [0.2, 0.25) is 0 Å². The number of carboxylic acids is 1. The van der Waals surface area contributed by atoms with E-state index in [4.69, 9.17) is 10.5 Å². The first-order valence-electron chi connectivity index (χ1n) is 13.3. The summed E-state index contributed by atoms with van der Waals surface area (Å²) < 4.78 is 19.2. The summed E-state index contributed by atoms with van der Waals surface area (Å²) >= 11 is 0. The first-order valence-corrected chi connectivity index (χ1v) is 13.3. The number of benzene rings is 2. The van der Waals surface area contributed by atoms with Gasteiger partial charge in [-0.25, -0.2) is 19.0 Å². The highest BCUT2D eigenvalue weighted by molar-refractivity contribution is 5.96. The van der Waals surface area contributed by atoms with Crippen LogP contribution < -0.4 is 11.1 Å². The van der Waals surface area contributed by atoms with Gasteiger partial charge in [-0.05, 0) is 66.1 Å². The molecule has 5 rings (SSSR count). The summed E-state index contributed by atoms with van der Waals surface area (Å²) in [7, 11) is 0. The zero-order valence-corrected chi connectivity index (χ0v) is 23.3. The fourth-order valence-electron chi connectivity index (χ4n) is 4.81. The van der Waals surface area contributed by atoms with E-state index in [0.29, 0.717) is 24.9 Å². The lowest BCUT2D eigenvalue weighted by Gasteiger charge is -2.16. The van der Waals surface area contributed by atoms with Gasteiger partial charge >= 0.3 is 11.9 Å².